The molecule has 1 rings (SSSR count). The van der Waals surface area contributed by atoms with E-state index in [0.29, 0.717) is 30.3 Å². The molecule has 1 aromatic carbocycles. The first-order valence-corrected chi connectivity index (χ1v) is 5.14. The molecule has 0 saturated heterocycles. The molecule has 5 heteroatoms. The van der Waals surface area contributed by atoms with Gasteiger partial charge in [0.05, 0.1) is 24.2 Å². The number of hydrogen-bond acceptors (Lipinski definition) is 4. The Bertz CT molecular complexity index is 390. The van der Waals surface area contributed by atoms with Crippen molar-refractivity contribution in [3.63, 3.8) is 0 Å². The van der Waals surface area contributed by atoms with Crippen LogP contribution in [0.25, 0.3) is 0 Å². The van der Waals surface area contributed by atoms with Gasteiger partial charge in [-0.05, 0) is 26.8 Å². The van der Waals surface area contributed by atoms with Crippen molar-refractivity contribution in [2.24, 2.45) is 0 Å². The van der Waals surface area contributed by atoms with Gasteiger partial charge in [-0.25, -0.2) is 0 Å². The molecule has 1 aromatic rings. The average molecular weight is 225 g/mol. The molecular weight excluding hydrogens is 210 g/mol. The third-order valence-corrected chi connectivity index (χ3v) is 2.06. The predicted molar refractivity (Wildman–Crippen MR) is 60.2 cm³/mol. The van der Waals surface area contributed by atoms with E-state index in [1.807, 2.05) is 13.8 Å². The summed E-state index contributed by atoms with van der Waals surface area (Å²) in [6.45, 7) is 6.29. The van der Waals surface area contributed by atoms with E-state index in [2.05, 4.69) is 0 Å². The molecule has 5 nitrogen and oxygen atoms in total. The molecule has 0 heterocycles. The first-order chi connectivity index (χ1) is 7.60. The van der Waals surface area contributed by atoms with Gasteiger partial charge in [0.1, 0.15) is 0 Å². The van der Waals surface area contributed by atoms with E-state index < -0.39 is 4.92 Å². The van der Waals surface area contributed by atoms with Crippen molar-refractivity contribution in [1.82, 2.24) is 0 Å². The number of aryl methyl sites for hydroxylation is 1. The Morgan fingerprint density at radius 3 is 2.12 bits per heavy atom. The Kier molecular flexibility index (Phi) is 4.10. The lowest BCUT2D eigenvalue weighted by Gasteiger charge is -2.11. The second-order valence-electron chi connectivity index (χ2n) is 3.21. The first-order valence-electron chi connectivity index (χ1n) is 5.14. The Morgan fingerprint density at radius 1 is 1.19 bits per heavy atom. The number of nitro groups is 1. The summed E-state index contributed by atoms with van der Waals surface area (Å²) in [5, 5.41) is 10.8. The maximum Gasteiger partial charge on any atom is 0.276 e. The summed E-state index contributed by atoms with van der Waals surface area (Å²) in [6.07, 6.45) is 0. The smallest absolute Gasteiger partial charge is 0.276 e. The van der Waals surface area contributed by atoms with Crippen LogP contribution in [0.5, 0.6) is 11.5 Å². The molecular formula is C11H15NO4. The van der Waals surface area contributed by atoms with Crippen molar-refractivity contribution in [3.05, 3.63) is 27.8 Å². The second kappa shape index (κ2) is 5.34. The zero-order chi connectivity index (χ0) is 12.1. The van der Waals surface area contributed by atoms with Crippen LogP contribution in [-0.2, 0) is 0 Å². The topological polar surface area (TPSA) is 61.6 Å². The summed E-state index contributed by atoms with van der Waals surface area (Å²) in [6, 6.07) is 3.04. The summed E-state index contributed by atoms with van der Waals surface area (Å²) in [5.41, 5.74) is 0.615. The monoisotopic (exact) mass is 225 g/mol. The van der Waals surface area contributed by atoms with Crippen LogP contribution >= 0.6 is 0 Å². The van der Waals surface area contributed by atoms with Crippen molar-refractivity contribution >= 4 is 5.69 Å². The van der Waals surface area contributed by atoms with Gasteiger partial charge in [0, 0.05) is 5.56 Å². The summed E-state index contributed by atoms with van der Waals surface area (Å²) < 4.78 is 10.7. The van der Waals surface area contributed by atoms with Gasteiger partial charge >= 0.3 is 0 Å². The van der Waals surface area contributed by atoms with E-state index in [9.17, 15) is 10.1 Å². The Balaban J connectivity index is 3.19. The molecule has 0 saturated carbocycles. The Morgan fingerprint density at radius 2 is 1.69 bits per heavy atom. The minimum Gasteiger partial charge on any atom is -0.490 e. The van der Waals surface area contributed by atoms with Crippen molar-refractivity contribution in [3.8, 4) is 11.5 Å². The fourth-order valence-electron chi connectivity index (χ4n) is 1.38. The Labute approximate surface area is 94.1 Å². The van der Waals surface area contributed by atoms with Crippen molar-refractivity contribution in [2.45, 2.75) is 20.8 Å². The van der Waals surface area contributed by atoms with Crippen molar-refractivity contribution in [2.75, 3.05) is 13.2 Å². The minimum absolute atomic E-state index is 0.0481. The lowest BCUT2D eigenvalue weighted by Crippen LogP contribution is -2.01. The van der Waals surface area contributed by atoms with Gasteiger partial charge in [0.2, 0.25) is 0 Å². The van der Waals surface area contributed by atoms with Gasteiger partial charge in [-0.1, -0.05) is 0 Å². The quantitative estimate of drug-likeness (QED) is 0.571. The molecule has 0 aliphatic carbocycles. The van der Waals surface area contributed by atoms with Crippen LogP contribution in [0.2, 0.25) is 0 Å². The molecule has 0 bridgehead atoms. The Hall–Kier alpha value is -1.78. The van der Waals surface area contributed by atoms with E-state index in [1.165, 1.54) is 6.07 Å². The molecule has 0 radical (unpaired) electrons. The fraction of sp³-hybridized carbons (Fsp3) is 0.455. The van der Waals surface area contributed by atoms with Gasteiger partial charge < -0.3 is 9.47 Å². The van der Waals surface area contributed by atoms with E-state index >= 15 is 0 Å². The number of ether oxygens (including phenoxy) is 2. The summed E-state index contributed by atoms with van der Waals surface area (Å²) >= 11 is 0. The van der Waals surface area contributed by atoms with E-state index in [0.717, 1.165) is 0 Å². The highest BCUT2D eigenvalue weighted by molar-refractivity contribution is 5.53. The van der Waals surface area contributed by atoms with Crippen molar-refractivity contribution in [1.29, 1.82) is 0 Å². The van der Waals surface area contributed by atoms with E-state index in [4.69, 9.17) is 9.47 Å². The largest absolute Gasteiger partial charge is 0.490 e. The number of nitrogens with zero attached hydrogens (tertiary/aromatic N) is 1. The van der Waals surface area contributed by atoms with Crippen LogP contribution in [0, 0.1) is 17.0 Å². The number of hydrogen-bond donors (Lipinski definition) is 0. The normalized spacial score (nSPS) is 9.94. The molecule has 0 aromatic heterocycles. The lowest BCUT2D eigenvalue weighted by molar-refractivity contribution is -0.385. The van der Waals surface area contributed by atoms with Crippen LogP contribution in [-0.4, -0.2) is 18.1 Å². The standard InChI is InChI=1S/C11H15NO4/c1-4-15-10-6-8(3)9(12(13)14)7-11(10)16-5-2/h6-7H,4-5H2,1-3H3. The molecule has 0 spiro atoms. The highest BCUT2D eigenvalue weighted by Crippen LogP contribution is 2.34. The number of rotatable bonds is 5. The number of nitro benzene ring substituents is 1. The van der Waals surface area contributed by atoms with Gasteiger partial charge in [0.15, 0.2) is 11.5 Å². The number of benzene rings is 1. The van der Waals surface area contributed by atoms with Crippen LogP contribution in [0.4, 0.5) is 5.69 Å². The molecule has 0 aliphatic heterocycles. The SMILES string of the molecule is CCOc1cc(C)c([N+](=O)[O-])cc1OCC. The summed E-state index contributed by atoms with van der Waals surface area (Å²) in [5.74, 6) is 0.967. The fourth-order valence-corrected chi connectivity index (χ4v) is 1.38. The molecule has 0 N–H and O–H groups in total. The zero-order valence-corrected chi connectivity index (χ0v) is 9.65. The first kappa shape index (κ1) is 12.3. The second-order valence-corrected chi connectivity index (χ2v) is 3.21. The van der Waals surface area contributed by atoms with Gasteiger partial charge in [-0.2, -0.15) is 0 Å². The molecule has 0 atom stereocenters. The van der Waals surface area contributed by atoms with Crippen LogP contribution < -0.4 is 9.47 Å². The summed E-state index contributed by atoms with van der Waals surface area (Å²) in [4.78, 5) is 10.3. The molecule has 0 aliphatic rings. The van der Waals surface area contributed by atoms with E-state index in [1.54, 1.807) is 13.0 Å². The highest BCUT2D eigenvalue weighted by Gasteiger charge is 2.16. The van der Waals surface area contributed by atoms with Crippen molar-refractivity contribution < 1.29 is 14.4 Å². The molecule has 16 heavy (non-hydrogen) atoms. The highest BCUT2D eigenvalue weighted by atomic mass is 16.6. The maximum atomic E-state index is 10.8. The molecule has 0 amide bonds. The average Bonchev–Trinajstić information content (AvgIpc) is 2.22. The van der Waals surface area contributed by atoms with Gasteiger partial charge in [0.25, 0.3) is 5.69 Å². The molecule has 88 valence electrons. The maximum absolute atomic E-state index is 10.8. The molecule has 0 unspecified atom stereocenters. The molecule has 0 fully saturated rings. The zero-order valence-electron chi connectivity index (χ0n) is 9.65. The predicted octanol–water partition coefficient (Wildman–Crippen LogP) is 2.70. The van der Waals surface area contributed by atoms with Crippen LogP contribution in [0.15, 0.2) is 12.1 Å². The third-order valence-electron chi connectivity index (χ3n) is 2.06. The third kappa shape index (κ3) is 2.62. The van der Waals surface area contributed by atoms with Crippen LogP contribution in [0.3, 0.4) is 0 Å². The van der Waals surface area contributed by atoms with Crippen LogP contribution in [0.1, 0.15) is 19.4 Å². The lowest BCUT2D eigenvalue weighted by atomic mass is 10.2. The minimum atomic E-state index is -0.423. The van der Waals surface area contributed by atoms with Gasteiger partial charge in [-0.3, -0.25) is 10.1 Å². The summed E-state index contributed by atoms with van der Waals surface area (Å²) in [7, 11) is 0. The van der Waals surface area contributed by atoms with E-state index in [-0.39, 0.29) is 5.69 Å². The van der Waals surface area contributed by atoms with Gasteiger partial charge in [-0.15, -0.1) is 0 Å².